The van der Waals surface area contributed by atoms with Crippen molar-refractivity contribution in [3.05, 3.63) is 23.0 Å². The van der Waals surface area contributed by atoms with Crippen LogP contribution in [0.2, 0.25) is 0 Å². The van der Waals surface area contributed by atoms with Crippen LogP contribution in [-0.2, 0) is 5.54 Å². The van der Waals surface area contributed by atoms with Crippen molar-refractivity contribution in [2.75, 3.05) is 19.6 Å². The summed E-state index contributed by atoms with van der Waals surface area (Å²) in [6.07, 6.45) is 0. The lowest BCUT2D eigenvalue weighted by molar-refractivity contribution is 0.0955. The van der Waals surface area contributed by atoms with Crippen LogP contribution < -0.4 is 10.6 Å². The van der Waals surface area contributed by atoms with E-state index in [4.69, 9.17) is 4.98 Å². The van der Waals surface area contributed by atoms with Crippen LogP contribution in [0.5, 0.6) is 0 Å². The molecule has 2 rings (SSSR count). The molecule has 0 spiro atoms. The monoisotopic (exact) mass is 345 g/mol. The first-order valence-electron chi connectivity index (χ1n) is 9.06. The normalized spacial score (nSPS) is 12.2. The fraction of sp³-hybridized carbons (Fsp3) is 0.632. The zero-order valence-corrected chi connectivity index (χ0v) is 16.5. The maximum atomic E-state index is 12.8. The average Bonchev–Trinajstić information content (AvgIpc) is 2.88. The van der Waals surface area contributed by atoms with Crippen LogP contribution in [0.15, 0.2) is 6.07 Å². The Balaban J connectivity index is 2.54. The summed E-state index contributed by atoms with van der Waals surface area (Å²) >= 11 is 0. The fourth-order valence-electron chi connectivity index (χ4n) is 2.79. The van der Waals surface area contributed by atoms with Crippen LogP contribution in [0.4, 0.5) is 0 Å². The molecule has 1 amide bonds. The SMILES string of the molecule is CCNCCNC(=O)c1cc(C(C)C)nc2c1c(C)nn2C(C)(C)C. The van der Waals surface area contributed by atoms with Gasteiger partial charge >= 0.3 is 0 Å². The fourth-order valence-corrected chi connectivity index (χ4v) is 2.79. The number of hydrogen-bond donors (Lipinski definition) is 2. The van der Waals surface area contributed by atoms with E-state index < -0.39 is 0 Å². The van der Waals surface area contributed by atoms with E-state index in [1.54, 1.807) is 0 Å². The summed E-state index contributed by atoms with van der Waals surface area (Å²) < 4.78 is 1.93. The summed E-state index contributed by atoms with van der Waals surface area (Å²) in [4.78, 5) is 17.6. The summed E-state index contributed by atoms with van der Waals surface area (Å²) in [6.45, 7) is 16.7. The van der Waals surface area contributed by atoms with Crippen LogP contribution >= 0.6 is 0 Å². The van der Waals surface area contributed by atoms with Crippen LogP contribution in [0.1, 0.15) is 69.2 Å². The standard InChI is InChI=1S/C19H31N5O/c1-8-20-9-10-21-18(25)14-11-15(12(2)3)22-17-16(14)13(4)23-24(17)19(5,6)7/h11-12,20H,8-10H2,1-7H3,(H,21,25). The molecule has 0 fully saturated rings. The summed E-state index contributed by atoms with van der Waals surface area (Å²) in [5.41, 5.74) is 3.00. The molecule has 2 aromatic rings. The number of nitrogens with zero attached hydrogens (tertiary/aromatic N) is 3. The Hall–Kier alpha value is -1.95. The van der Waals surface area contributed by atoms with Crippen molar-refractivity contribution in [1.29, 1.82) is 0 Å². The predicted molar refractivity (Wildman–Crippen MR) is 102 cm³/mol. The van der Waals surface area contributed by atoms with Crippen molar-refractivity contribution >= 4 is 16.9 Å². The van der Waals surface area contributed by atoms with Gasteiger partial charge in [0.2, 0.25) is 0 Å². The Labute approximate surface area is 150 Å². The number of aryl methyl sites for hydroxylation is 1. The number of likely N-dealkylation sites (N-methyl/N-ethyl adjacent to an activating group) is 1. The molecule has 0 aromatic carbocycles. The smallest absolute Gasteiger partial charge is 0.252 e. The van der Waals surface area contributed by atoms with E-state index in [2.05, 4.69) is 50.4 Å². The lowest BCUT2D eigenvalue weighted by Gasteiger charge is -2.20. The highest BCUT2D eigenvalue weighted by Gasteiger charge is 2.25. The molecule has 138 valence electrons. The summed E-state index contributed by atoms with van der Waals surface area (Å²) in [6, 6.07) is 1.91. The van der Waals surface area contributed by atoms with Gasteiger partial charge in [-0.3, -0.25) is 4.79 Å². The highest BCUT2D eigenvalue weighted by molar-refractivity contribution is 6.06. The number of fused-ring (bicyclic) bond motifs is 1. The zero-order chi connectivity index (χ0) is 18.8. The van der Waals surface area contributed by atoms with Crippen LogP contribution in [0.25, 0.3) is 11.0 Å². The van der Waals surface area contributed by atoms with Gasteiger partial charge in [-0.15, -0.1) is 0 Å². The molecule has 0 atom stereocenters. The minimum Gasteiger partial charge on any atom is -0.351 e. The lowest BCUT2D eigenvalue weighted by atomic mass is 10.0. The maximum absolute atomic E-state index is 12.8. The Morgan fingerprint density at radius 2 is 1.96 bits per heavy atom. The molecule has 0 radical (unpaired) electrons. The molecule has 2 N–H and O–H groups in total. The Morgan fingerprint density at radius 1 is 1.28 bits per heavy atom. The van der Waals surface area contributed by atoms with Crippen LogP contribution in [-0.4, -0.2) is 40.3 Å². The first-order valence-corrected chi connectivity index (χ1v) is 9.06. The topological polar surface area (TPSA) is 71.8 Å². The van der Waals surface area contributed by atoms with Crippen LogP contribution in [0, 0.1) is 6.92 Å². The first kappa shape index (κ1) is 19.4. The lowest BCUT2D eigenvalue weighted by Crippen LogP contribution is -2.32. The van der Waals surface area contributed by atoms with Crippen molar-refractivity contribution in [2.24, 2.45) is 0 Å². The molecule has 25 heavy (non-hydrogen) atoms. The van der Waals surface area contributed by atoms with E-state index in [1.165, 1.54) is 0 Å². The van der Waals surface area contributed by atoms with E-state index in [-0.39, 0.29) is 17.4 Å². The molecule has 0 saturated carbocycles. The van der Waals surface area contributed by atoms with Crippen LogP contribution in [0.3, 0.4) is 0 Å². The average molecular weight is 345 g/mol. The first-order chi connectivity index (χ1) is 11.7. The van der Waals surface area contributed by atoms with Crippen molar-refractivity contribution in [1.82, 2.24) is 25.4 Å². The van der Waals surface area contributed by atoms with Gasteiger partial charge in [-0.1, -0.05) is 20.8 Å². The molecular weight excluding hydrogens is 314 g/mol. The summed E-state index contributed by atoms with van der Waals surface area (Å²) in [5.74, 6) is 0.171. The molecule has 2 aromatic heterocycles. The van der Waals surface area contributed by atoms with E-state index in [9.17, 15) is 4.79 Å². The minimum atomic E-state index is -0.200. The van der Waals surface area contributed by atoms with Gasteiger partial charge in [-0.25, -0.2) is 9.67 Å². The van der Waals surface area contributed by atoms with Crippen molar-refractivity contribution in [3.8, 4) is 0 Å². The number of amides is 1. The van der Waals surface area contributed by atoms with Gasteiger partial charge in [-0.05, 0) is 46.2 Å². The summed E-state index contributed by atoms with van der Waals surface area (Å²) in [5, 5.41) is 11.7. The number of pyridine rings is 1. The van der Waals surface area contributed by atoms with E-state index >= 15 is 0 Å². The molecule has 0 bridgehead atoms. The van der Waals surface area contributed by atoms with Gasteiger partial charge < -0.3 is 10.6 Å². The largest absolute Gasteiger partial charge is 0.351 e. The number of rotatable bonds is 6. The Bertz CT molecular complexity index is 755. The van der Waals surface area contributed by atoms with E-state index in [0.717, 1.165) is 35.5 Å². The van der Waals surface area contributed by atoms with Gasteiger partial charge in [0.15, 0.2) is 5.65 Å². The van der Waals surface area contributed by atoms with Gasteiger partial charge in [0, 0.05) is 18.8 Å². The predicted octanol–water partition coefficient (Wildman–Crippen LogP) is 2.96. The third-order valence-corrected chi connectivity index (χ3v) is 4.14. The highest BCUT2D eigenvalue weighted by Crippen LogP contribution is 2.28. The van der Waals surface area contributed by atoms with Crippen molar-refractivity contribution < 1.29 is 4.79 Å². The minimum absolute atomic E-state index is 0.0660. The molecule has 0 aliphatic heterocycles. The molecule has 6 nitrogen and oxygen atoms in total. The zero-order valence-electron chi connectivity index (χ0n) is 16.5. The molecule has 0 unspecified atom stereocenters. The third-order valence-electron chi connectivity index (χ3n) is 4.14. The Morgan fingerprint density at radius 3 is 2.52 bits per heavy atom. The second kappa shape index (κ2) is 7.52. The van der Waals surface area contributed by atoms with Crippen molar-refractivity contribution in [3.63, 3.8) is 0 Å². The second-order valence-electron chi connectivity index (χ2n) is 7.73. The van der Waals surface area contributed by atoms with E-state index in [0.29, 0.717) is 12.1 Å². The molecule has 0 saturated heterocycles. The quantitative estimate of drug-likeness (QED) is 0.790. The highest BCUT2D eigenvalue weighted by atomic mass is 16.1. The van der Waals surface area contributed by atoms with Gasteiger partial charge in [0.05, 0.1) is 22.2 Å². The number of nitrogens with one attached hydrogen (secondary N) is 2. The Kier molecular flexibility index (Phi) is 5.83. The van der Waals surface area contributed by atoms with Crippen molar-refractivity contribution in [2.45, 2.75) is 59.9 Å². The number of hydrogen-bond acceptors (Lipinski definition) is 4. The molecule has 6 heteroatoms. The second-order valence-corrected chi connectivity index (χ2v) is 7.73. The molecule has 0 aliphatic rings. The number of carbonyl (C=O) groups excluding carboxylic acids is 1. The third kappa shape index (κ3) is 4.18. The molecule has 2 heterocycles. The van der Waals surface area contributed by atoms with E-state index in [1.807, 2.05) is 24.6 Å². The molecule has 0 aliphatic carbocycles. The van der Waals surface area contributed by atoms with Gasteiger partial charge in [0.25, 0.3) is 5.91 Å². The maximum Gasteiger partial charge on any atom is 0.252 e. The summed E-state index contributed by atoms with van der Waals surface area (Å²) in [7, 11) is 0. The van der Waals surface area contributed by atoms with Gasteiger partial charge in [-0.2, -0.15) is 5.10 Å². The molecular formula is C19H31N5O. The number of carbonyl (C=O) groups is 1. The van der Waals surface area contributed by atoms with Gasteiger partial charge in [0.1, 0.15) is 0 Å². The number of aromatic nitrogens is 3.